The van der Waals surface area contributed by atoms with E-state index in [2.05, 4.69) is 6.92 Å². The maximum absolute atomic E-state index is 13.5. The highest BCUT2D eigenvalue weighted by Crippen LogP contribution is 2.63. The van der Waals surface area contributed by atoms with Crippen LogP contribution in [0.4, 0.5) is 8.78 Å². The van der Waals surface area contributed by atoms with Crippen LogP contribution in [-0.2, 0) is 19.1 Å². The number of allylic oxidation sites excluding steroid dienone is 1. The lowest BCUT2D eigenvalue weighted by molar-refractivity contribution is -0.156. The topological polar surface area (TPSA) is 60.4 Å². The van der Waals surface area contributed by atoms with Crippen LogP contribution in [-0.4, -0.2) is 24.6 Å². The Balaban J connectivity index is 1.87. The Labute approximate surface area is 165 Å². The van der Waals surface area contributed by atoms with Gasteiger partial charge >= 0.3 is 5.97 Å². The number of halogens is 2. The molecule has 3 fully saturated rings. The fourth-order valence-electron chi connectivity index (χ4n) is 6.62. The minimum absolute atomic E-state index is 0.0152. The predicted molar refractivity (Wildman–Crippen MR) is 99.4 cm³/mol. The molecule has 0 amide bonds. The molecule has 156 valence electrons. The van der Waals surface area contributed by atoms with Crippen LogP contribution in [0.1, 0.15) is 65.7 Å². The Bertz CT molecular complexity index is 686. The number of carbonyl (C=O) groups is 3. The largest absolute Gasteiger partial charge is 0.463 e. The van der Waals surface area contributed by atoms with Crippen LogP contribution < -0.4 is 0 Å². The van der Waals surface area contributed by atoms with Crippen LogP contribution in [0.5, 0.6) is 0 Å². The standard InChI is InChI=1S/C22H30F2O4/c1-13(27)28-15-6-8-21(2,14(10-15)11-25)18-7-9-22(3)17(16(18)12-26)4-5-19(22)20(23)24/h11-12,14-18H,4-10H2,1-3H3/t14-,15+,16+,17?,18?,21+,22+/m1/s1. The fraction of sp³-hybridized carbons (Fsp3) is 0.773. The Kier molecular flexibility index (Phi) is 5.79. The molecular weight excluding hydrogens is 366 g/mol. The van der Waals surface area contributed by atoms with Crippen molar-refractivity contribution in [1.82, 2.24) is 0 Å². The Morgan fingerprint density at radius 3 is 2.36 bits per heavy atom. The van der Waals surface area contributed by atoms with Crippen molar-refractivity contribution in [3.63, 3.8) is 0 Å². The lowest BCUT2D eigenvalue weighted by Gasteiger charge is -2.54. The molecule has 0 bridgehead atoms. The van der Waals surface area contributed by atoms with E-state index < -0.39 is 11.5 Å². The molecule has 0 aromatic rings. The van der Waals surface area contributed by atoms with Gasteiger partial charge in [0.25, 0.3) is 6.08 Å². The Morgan fingerprint density at radius 2 is 1.79 bits per heavy atom. The molecule has 0 aliphatic heterocycles. The molecular formula is C22H30F2O4. The van der Waals surface area contributed by atoms with Crippen LogP contribution in [0.3, 0.4) is 0 Å². The first-order valence-electron chi connectivity index (χ1n) is 10.3. The van der Waals surface area contributed by atoms with Crippen LogP contribution in [0, 0.1) is 34.5 Å². The number of carbonyl (C=O) groups excluding carboxylic acids is 3. The summed E-state index contributed by atoms with van der Waals surface area (Å²) < 4.78 is 32.3. The molecule has 0 aromatic carbocycles. The van der Waals surface area contributed by atoms with Gasteiger partial charge in [0.1, 0.15) is 18.7 Å². The summed E-state index contributed by atoms with van der Waals surface area (Å²) in [5.74, 6) is -1.10. The Morgan fingerprint density at radius 1 is 1.07 bits per heavy atom. The van der Waals surface area contributed by atoms with E-state index in [0.717, 1.165) is 12.6 Å². The molecule has 2 unspecified atom stereocenters. The minimum atomic E-state index is -1.59. The van der Waals surface area contributed by atoms with Gasteiger partial charge in [-0.2, -0.15) is 8.78 Å². The SMILES string of the molecule is CC(=O)O[C@H]1CC[C@](C)(C2CC[C@]3(C)C(=C(F)F)CCC3[C@@H]2C=O)[C@@H](C=O)C1. The lowest BCUT2D eigenvalue weighted by atomic mass is 9.49. The molecule has 3 aliphatic rings. The van der Waals surface area contributed by atoms with Gasteiger partial charge in [-0.15, -0.1) is 0 Å². The molecule has 0 saturated heterocycles. The highest BCUT2D eigenvalue weighted by Gasteiger charge is 2.58. The van der Waals surface area contributed by atoms with E-state index in [1.165, 1.54) is 6.92 Å². The minimum Gasteiger partial charge on any atom is -0.463 e. The number of rotatable bonds is 4. The van der Waals surface area contributed by atoms with Crippen molar-refractivity contribution in [3.8, 4) is 0 Å². The molecule has 0 N–H and O–H groups in total. The van der Waals surface area contributed by atoms with E-state index >= 15 is 0 Å². The normalized spacial score (nSPS) is 43.2. The van der Waals surface area contributed by atoms with Crippen LogP contribution in [0.25, 0.3) is 0 Å². The highest BCUT2D eigenvalue weighted by atomic mass is 19.3. The molecule has 0 heterocycles. The first kappa shape index (κ1) is 21.1. The van der Waals surface area contributed by atoms with Crippen molar-refractivity contribution in [2.45, 2.75) is 71.8 Å². The molecule has 0 spiro atoms. The molecule has 4 nitrogen and oxygen atoms in total. The maximum atomic E-state index is 13.5. The van der Waals surface area contributed by atoms with Crippen molar-refractivity contribution < 1.29 is 27.9 Å². The average molecular weight is 396 g/mol. The van der Waals surface area contributed by atoms with E-state index in [-0.39, 0.29) is 46.7 Å². The lowest BCUT2D eigenvalue weighted by Crippen LogP contribution is -2.51. The predicted octanol–water partition coefficient (Wildman–Crippen LogP) is 4.72. The number of hydrogen-bond donors (Lipinski definition) is 0. The summed E-state index contributed by atoms with van der Waals surface area (Å²) >= 11 is 0. The summed E-state index contributed by atoms with van der Waals surface area (Å²) in [4.78, 5) is 35.4. The molecule has 0 aromatic heterocycles. The van der Waals surface area contributed by atoms with Gasteiger partial charge in [-0.25, -0.2) is 0 Å². The van der Waals surface area contributed by atoms with Crippen molar-refractivity contribution in [3.05, 3.63) is 11.7 Å². The highest BCUT2D eigenvalue weighted by molar-refractivity contribution is 5.66. The van der Waals surface area contributed by atoms with Crippen LogP contribution in [0.15, 0.2) is 11.7 Å². The van der Waals surface area contributed by atoms with Crippen molar-refractivity contribution in [2.24, 2.45) is 34.5 Å². The molecule has 7 atom stereocenters. The smallest absolute Gasteiger partial charge is 0.302 e. The third-order valence-corrected chi connectivity index (χ3v) is 8.22. The zero-order chi connectivity index (χ0) is 20.7. The number of aldehydes is 2. The van der Waals surface area contributed by atoms with E-state index in [0.29, 0.717) is 44.9 Å². The maximum Gasteiger partial charge on any atom is 0.302 e. The molecule has 3 aliphatic carbocycles. The summed E-state index contributed by atoms with van der Waals surface area (Å²) in [5, 5.41) is 0. The first-order chi connectivity index (χ1) is 13.2. The van der Waals surface area contributed by atoms with Gasteiger partial charge in [0.2, 0.25) is 0 Å². The summed E-state index contributed by atoms with van der Waals surface area (Å²) in [7, 11) is 0. The number of hydrogen-bond acceptors (Lipinski definition) is 4. The second kappa shape index (κ2) is 7.68. The van der Waals surface area contributed by atoms with Crippen molar-refractivity contribution in [1.29, 1.82) is 0 Å². The summed E-state index contributed by atoms with van der Waals surface area (Å²) in [6.07, 6.45) is 4.07. The number of esters is 1. The molecule has 28 heavy (non-hydrogen) atoms. The molecule has 0 radical (unpaired) electrons. The molecule has 3 rings (SSSR count). The summed E-state index contributed by atoms with van der Waals surface area (Å²) in [6, 6.07) is 0. The van der Waals surface area contributed by atoms with Gasteiger partial charge < -0.3 is 14.3 Å². The van der Waals surface area contributed by atoms with Crippen LogP contribution >= 0.6 is 0 Å². The first-order valence-corrected chi connectivity index (χ1v) is 10.3. The third kappa shape index (κ3) is 3.33. The van der Waals surface area contributed by atoms with Gasteiger partial charge in [-0.3, -0.25) is 4.79 Å². The number of fused-ring (bicyclic) bond motifs is 1. The van der Waals surface area contributed by atoms with E-state index in [1.807, 2.05) is 6.92 Å². The van der Waals surface area contributed by atoms with Gasteiger partial charge in [0.05, 0.1) is 0 Å². The molecule has 3 saturated carbocycles. The summed E-state index contributed by atoms with van der Waals surface area (Å²) in [6.45, 7) is 5.30. The zero-order valence-electron chi connectivity index (χ0n) is 16.9. The third-order valence-electron chi connectivity index (χ3n) is 8.22. The van der Waals surface area contributed by atoms with Gasteiger partial charge in [0, 0.05) is 24.3 Å². The van der Waals surface area contributed by atoms with E-state index in [1.54, 1.807) is 0 Å². The monoisotopic (exact) mass is 396 g/mol. The average Bonchev–Trinajstić information content (AvgIpc) is 2.99. The van der Waals surface area contributed by atoms with Crippen LogP contribution in [0.2, 0.25) is 0 Å². The van der Waals surface area contributed by atoms with E-state index in [9.17, 15) is 23.2 Å². The second-order valence-electron chi connectivity index (χ2n) is 9.41. The molecule has 6 heteroatoms. The van der Waals surface area contributed by atoms with E-state index in [4.69, 9.17) is 4.74 Å². The van der Waals surface area contributed by atoms with Gasteiger partial charge in [-0.05, 0) is 67.6 Å². The van der Waals surface area contributed by atoms with Crippen molar-refractivity contribution in [2.75, 3.05) is 0 Å². The number of ether oxygens (including phenoxy) is 1. The van der Waals surface area contributed by atoms with Crippen molar-refractivity contribution >= 4 is 18.5 Å². The fourth-order valence-corrected chi connectivity index (χ4v) is 6.62. The quantitative estimate of drug-likeness (QED) is 0.510. The Hall–Kier alpha value is -1.59. The summed E-state index contributed by atoms with van der Waals surface area (Å²) in [5.41, 5.74) is -0.784. The van der Waals surface area contributed by atoms with Gasteiger partial charge in [0.15, 0.2) is 0 Å². The zero-order valence-corrected chi connectivity index (χ0v) is 16.9. The van der Waals surface area contributed by atoms with Gasteiger partial charge in [-0.1, -0.05) is 13.8 Å². The second-order valence-corrected chi connectivity index (χ2v) is 9.41.